The number of thiophene rings is 1. The van der Waals surface area contributed by atoms with Crippen molar-refractivity contribution in [2.45, 2.75) is 13.8 Å². The Kier molecular flexibility index (Phi) is 5.18. The van der Waals surface area contributed by atoms with Gasteiger partial charge in [-0.1, -0.05) is 23.7 Å². The van der Waals surface area contributed by atoms with E-state index in [1.165, 1.54) is 11.3 Å². The molecule has 1 amide bonds. The second kappa shape index (κ2) is 7.34. The maximum atomic E-state index is 12.6. The monoisotopic (exact) mass is 378 g/mol. The minimum absolute atomic E-state index is 0.212. The van der Waals surface area contributed by atoms with E-state index in [4.69, 9.17) is 16.3 Å². The third kappa shape index (κ3) is 3.45. The summed E-state index contributed by atoms with van der Waals surface area (Å²) in [5, 5.41) is 6.19. The van der Waals surface area contributed by atoms with Crippen molar-refractivity contribution in [3.63, 3.8) is 0 Å². The maximum Gasteiger partial charge on any atom is 0.267 e. The van der Waals surface area contributed by atoms with Crippen molar-refractivity contribution >= 4 is 45.9 Å². The topological polar surface area (TPSA) is 51.2 Å². The van der Waals surface area contributed by atoms with Gasteiger partial charge in [0.15, 0.2) is 5.75 Å². The first-order chi connectivity index (χ1) is 11.6. The average Bonchev–Trinajstić information content (AvgIpc) is 3.20. The summed E-state index contributed by atoms with van der Waals surface area (Å²) in [7, 11) is 0. The molecule has 1 aromatic carbocycles. The SMILES string of the molecule is CCOc1c(Cl)cccc1NC(=O)c1sc(-c2cccs2)nc1C. The smallest absolute Gasteiger partial charge is 0.267 e. The number of hydrogen-bond acceptors (Lipinski definition) is 5. The second-order valence-electron chi connectivity index (χ2n) is 4.91. The zero-order valence-corrected chi connectivity index (χ0v) is 15.5. The first-order valence-electron chi connectivity index (χ1n) is 7.34. The number of carbonyl (C=O) groups is 1. The molecule has 3 rings (SSSR count). The largest absolute Gasteiger partial charge is 0.490 e. The number of hydrogen-bond donors (Lipinski definition) is 1. The van der Waals surface area contributed by atoms with Crippen LogP contribution in [0.2, 0.25) is 5.02 Å². The quantitative estimate of drug-likeness (QED) is 0.639. The Hall–Kier alpha value is -1.89. The van der Waals surface area contributed by atoms with E-state index in [2.05, 4.69) is 10.3 Å². The molecule has 0 saturated carbocycles. The molecule has 0 unspecified atom stereocenters. The van der Waals surface area contributed by atoms with Gasteiger partial charge in [0.25, 0.3) is 5.91 Å². The standard InChI is InChI=1S/C17H15ClN2O2S2/c1-3-22-14-11(18)6-4-7-12(14)20-16(21)15-10(2)19-17(24-15)13-8-5-9-23-13/h4-9H,3H2,1-2H3,(H,20,21). The van der Waals surface area contributed by atoms with Gasteiger partial charge in [-0.05, 0) is 37.4 Å². The van der Waals surface area contributed by atoms with Gasteiger partial charge in [-0.25, -0.2) is 4.98 Å². The molecule has 2 heterocycles. The molecule has 2 aromatic heterocycles. The highest BCUT2D eigenvalue weighted by Gasteiger charge is 2.19. The summed E-state index contributed by atoms with van der Waals surface area (Å²) in [6.45, 7) is 4.17. The van der Waals surface area contributed by atoms with Crippen LogP contribution in [0.3, 0.4) is 0 Å². The molecule has 0 aliphatic carbocycles. The molecular weight excluding hydrogens is 364 g/mol. The van der Waals surface area contributed by atoms with Crippen LogP contribution < -0.4 is 10.1 Å². The van der Waals surface area contributed by atoms with Crippen LogP contribution in [-0.2, 0) is 0 Å². The molecule has 0 radical (unpaired) electrons. The summed E-state index contributed by atoms with van der Waals surface area (Å²) >= 11 is 9.14. The molecule has 4 nitrogen and oxygen atoms in total. The predicted molar refractivity (Wildman–Crippen MR) is 101 cm³/mol. The molecule has 0 atom stereocenters. The van der Waals surface area contributed by atoms with Gasteiger partial charge in [0.1, 0.15) is 9.88 Å². The van der Waals surface area contributed by atoms with Gasteiger partial charge in [-0.15, -0.1) is 22.7 Å². The Balaban J connectivity index is 1.87. The third-order valence-corrected chi connectivity index (χ3v) is 5.73. The fourth-order valence-electron chi connectivity index (χ4n) is 2.19. The molecule has 0 bridgehead atoms. The van der Waals surface area contributed by atoms with Gasteiger partial charge in [0, 0.05) is 0 Å². The number of carbonyl (C=O) groups excluding carboxylic acids is 1. The number of rotatable bonds is 5. The molecular formula is C17H15ClN2O2S2. The number of amides is 1. The highest BCUT2D eigenvalue weighted by atomic mass is 35.5. The Labute approximate surface area is 153 Å². The summed E-state index contributed by atoms with van der Waals surface area (Å²) < 4.78 is 5.54. The Morgan fingerprint density at radius 2 is 2.17 bits per heavy atom. The number of nitrogens with one attached hydrogen (secondary N) is 1. The minimum atomic E-state index is -0.212. The van der Waals surface area contributed by atoms with Crippen molar-refractivity contribution < 1.29 is 9.53 Å². The van der Waals surface area contributed by atoms with Gasteiger partial charge in [-0.3, -0.25) is 4.79 Å². The predicted octanol–water partition coefficient (Wildman–Crippen LogP) is 5.48. The molecule has 0 aliphatic rings. The number of aromatic nitrogens is 1. The molecule has 1 N–H and O–H groups in total. The Bertz CT molecular complexity index is 860. The lowest BCUT2D eigenvalue weighted by Crippen LogP contribution is -2.12. The number of para-hydroxylation sites is 1. The van der Waals surface area contributed by atoms with Gasteiger partial charge >= 0.3 is 0 Å². The fourth-order valence-corrected chi connectivity index (χ4v) is 4.18. The van der Waals surface area contributed by atoms with Crippen LogP contribution in [-0.4, -0.2) is 17.5 Å². The summed E-state index contributed by atoms with van der Waals surface area (Å²) in [6.07, 6.45) is 0. The van der Waals surface area contributed by atoms with Crippen LogP contribution in [0.25, 0.3) is 9.88 Å². The van der Waals surface area contributed by atoms with Crippen molar-refractivity contribution in [2.24, 2.45) is 0 Å². The number of thiazole rings is 1. The first-order valence-corrected chi connectivity index (χ1v) is 9.41. The van der Waals surface area contributed by atoms with Gasteiger partial charge in [0.2, 0.25) is 0 Å². The summed E-state index contributed by atoms with van der Waals surface area (Å²) in [4.78, 5) is 18.8. The zero-order chi connectivity index (χ0) is 17.1. The maximum absolute atomic E-state index is 12.6. The minimum Gasteiger partial charge on any atom is -0.490 e. The zero-order valence-electron chi connectivity index (χ0n) is 13.1. The van der Waals surface area contributed by atoms with E-state index in [1.807, 2.05) is 31.4 Å². The van der Waals surface area contributed by atoms with E-state index in [9.17, 15) is 4.79 Å². The van der Waals surface area contributed by atoms with E-state index in [1.54, 1.807) is 29.5 Å². The van der Waals surface area contributed by atoms with Crippen molar-refractivity contribution in [3.8, 4) is 15.6 Å². The molecule has 0 aliphatic heterocycles. The van der Waals surface area contributed by atoms with Crippen LogP contribution in [0.1, 0.15) is 22.3 Å². The van der Waals surface area contributed by atoms with Gasteiger partial charge in [-0.2, -0.15) is 0 Å². The van der Waals surface area contributed by atoms with E-state index in [0.717, 1.165) is 9.88 Å². The van der Waals surface area contributed by atoms with Crippen LogP contribution in [0.15, 0.2) is 35.7 Å². The summed E-state index contributed by atoms with van der Waals surface area (Å²) in [5.41, 5.74) is 1.26. The van der Waals surface area contributed by atoms with Crippen LogP contribution >= 0.6 is 34.3 Å². The lowest BCUT2D eigenvalue weighted by atomic mass is 10.2. The van der Waals surface area contributed by atoms with E-state index in [0.29, 0.717) is 33.6 Å². The molecule has 7 heteroatoms. The van der Waals surface area contributed by atoms with Gasteiger partial charge < -0.3 is 10.1 Å². The molecule has 24 heavy (non-hydrogen) atoms. The van der Waals surface area contributed by atoms with Gasteiger partial charge in [0.05, 0.1) is 27.9 Å². The first kappa shape index (κ1) is 17.0. The highest BCUT2D eigenvalue weighted by Crippen LogP contribution is 2.35. The highest BCUT2D eigenvalue weighted by molar-refractivity contribution is 7.22. The van der Waals surface area contributed by atoms with Crippen molar-refractivity contribution in [1.29, 1.82) is 0 Å². The van der Waals surface area contributed by atoms with E-state index >= 15 is 0 Å². The molecule has 0 spiro atoms. The van der Waals surface area contributed by atoms with E-state index < -0.39 is 0 Å². The fraction of sp³-hybridized carbons (Fsp3) is 0.176. The average molecular weight is 379 g/mol. The van der Waals surface area contributed by atoms with Crippen LogP contribution in [0.5, 0.6) is 5.75 Å². The number of benzene rings is 1. The van der Waals surface area contributed by atoms with Crippen LogP contribution in [0, 0.1) is 6.92 Å². The lowest BCUT2D eigenvalue weighted by molar-refractivity contribution is 0.102. The third-order valence-electron chi connectivity index (χ3n) is 3.24. The summed E-state index contributed by atoms with van der Waals surface area (Å²) in [6, 6.07) is 9.24. The second-order valence-corrected chi connectivity index (χ2v) is 7.27. The number of aryl methyl sites for hydroxylation is 1. The summed E-state index contributed by atoms with van der Waals surface area (Å²) in [5.74, 6) is 0.270. The Morgan fingerprint density at radius 1 is 1.33 bits per heavy atom. The Morgan fingerprint density at radius 3 is 2.88 bits per heavy atom. The number of anilines is 1. The van der Waals surface area contributed by atoms with E-state index in [-0.39, 0.29) is 5.91 Å². The lowest BCUT2D eigenvalue weighted by Gasteiger charge is -2.12. The van der Waals surface area contributed by atoms with Crippen LogP contribution in [0.4, 0.5) is 5.69 Å². The number of nitrogens with zero attached hydrogens (tertiary/aromatic N) is 1. The van der Waals surface area contributed by atoms with Crippen molar-refractivity contribution in [1.82, 2.24) is 4.98 Å². The number of ether oxygens (including phenoxy) is 1. The van der Waals surface area contributed by atoms with Crippen molar-refractivity contribution in [2.75, 3.05) is 11.9 Å². The molecule has 124 valence electrons. The normalized spacial score (nSPS) is 10.6. The molecule has 0 saturated heterocycles. The number of halogens is 1. The van der Waals surface area contributed by atoms with Crippen molar-refractivity contribution in [3.05, 3.63) is 51.3 Å². The molecule has 3 aromatic rings. The molecule has 0 fully saturated rings.